The monoisotopic (exact) mass is 960 g/mol. The fraction of sp³-hybridized carbons (Fsp3) is 0.0270. The van der Waals surface area contributed by atoms with Crippen LogP contribution in [0.3, 0.4) is 0 Å². The van der Waals surface area contributed by atoms with Gasteiger partial charge in [-0.25, -0.2) is 0 Å². The number of para-hydroxylation sites is 3. The lowest BCUT2D eigenvalue weighted by Crippen LogP contribution is -2.33. The van der Waals surface area contributed by atoms with Crippen LogP contribution < -0.4 is 4.90 Å². The molecule has 350 valence electrons. The summed E-state index contributed by atoms with van der Waals surface area (Å²) in [6.45, 7) is 0. The lowest BCUT2D eigenvalue weighted by Gasteiger charge is -2.39. The molecule has 2 atom stereocenters. The number of benzene rings is 13. The minimum atomic E-state index is -0.608. The molecule has 1 aliphatic heterocycles. The number of aromatic nitrogens is 1. The third-order valence-electron chi connectivity index (χ3n) is 18.1. The first kappa shape index (κ1) is 40.7. The fourth-order valence-electron chi connectivity index (χ4n) is 15.4. The van der Waals surface area contributed by atoms with Gasteiger partial charge < -0.3 is 9.47 Å². The highest BCUT2D eigenvalue weighted by atomic mass is 15.1. The third-order valence-corrected chi connectivity index (χ3v) is 18.1. The first-order valence-electron chi connectivity index (χ1n) is 26.7. The van der Waals surface area contributed by atoms with Crippen LogP contribution in [0.1, 0.15) is 44.5 Å². The van der Waals surface area contributed by atoms with Gasteiger partial charge in [0.15, 0.2) is 0 Å². The maximum atomic E-state index is 2.63. The van der Waals surface area contributed by atoms with E-state index in [2.05, 4.69) is 276 Å². The molecule has 3 aliphatic carbocycles. The summed E-state index contributed by atoms with van der Waals surface area (Å²) in [4.78, 5) is 2.63. The van der Waals surface area contributed by atoms with Crippen molar-refractivity contribution >= 4 is 71.2 Å². The molecule has 0 saturated heterocycles. The highest BCUT2D eigenvalue weighted by Crippen LogP contribution is 2.66. The van der Waals surface area contributed by atoms with Gasteiger partial charge in [0.2, 0.25) is 0 Å². The van der Waals surface area contributed by atoms with E-state index in [1.54, 1.807) is 0 Å². The van der Waals surface area contributed by atoms with E-state index in [9.17, 15) is 0 Å². The Hall–Kier alpha value is -9.76. The maximum Gasteiger partial charge on any atom is 0.0755 e. The second-order valence-corrected chi connectivity index (χ2v) is 21.3. The summed E-state index contributed by atoms with van der Waals surface area (Å²) in [7, 11) is 0. The quantitative estimate of drug-likeness (QED) is 0.160. The largest absolute Gasteiger partial charge is 0.309 e. The zero-order valence-corrected chi connectivity index (χ0v) is 41.3. The van der Waals surface area contributed by atoms with Crippen LogP contribution in [-0.2, 0) is 10.8 Å². The van der Waals surface area contributed by atoms with Crippen molar-refractivity contribution in [3.05, 3.63) is 311 Å². The van der Waals surface area contributed by atoms with Crippen LogP contribution >= 0.6 is 0 Å². The van der Waals surface area contributed by atoms with Crippen molar-refractivity contribution in [1.82, 2.24) is 4.57 Å². The highest BCUT2D eigenvalue weighted by molar-refractivity contribution is 6.17. The molecule has 0 bridgehead atoms. The molecule has 0 saturated carbocycles. The summed E-state index contributed by atoms with van der Waals surface area (Å²) >= 11 is 0. The highest BCUT2D eigenvalue weighted by Gasteiger charge is 2.54. The summed E-state index contributed by atoms with van der Waals surface area (Å²) in [5.41, 5.74) is 24.3. The van der Waals surface area contributed by atoms with E-state index in [0.717, 1.165) is 17.1 Å². The molecular formula is C74H44N2. The molecule has 4 aliphatic rings. The lowest BCUT2D eigenvalue weighted by molar-refractivity contribution is 0.748. The number of hydrogen-bond donors (Lipinski definition) is 0. The Morgan fingerprint density at radius 2 is 0.816 bits per heavy atom. The van der Waals surface area contributed by atoms with Crippen LogP contribution in [0.2, 0.25) is 0 Å². The average molecular weight is 961 g/mol. The summed E-state index contributed by atoms with van der Waals surface area (Å²) in [5.74, 6) is 0. The molecule has 0 N–H and O–H groups in total. The van der Waals surface area contributed by atoms with Gasteiger partial charge in [-0.2, -0.15) is 0 Å². The topological polar surface area (TPSA) is 8.17 Å². The van der Waals surface area contributed by atoms with E-state index < -0.39 is 10.8 Å². The molecule has 18 rings (SSSR count). The normalized spacial score (nSPS) is 16.8. The van der Waals surface area contributed by atoms with Crippen LogP contribution in [0.5, 0.6) is 0 Å². The Morgan fingerprint density at radius 3 is 1.63 bits per heavy atom. The molecule has 13 aromatic carbocycles. The predicted molar refractivity (Wildman–Crippen MR) is 315 cm³/mol. The lowest BCUT2D eigenvalue weighted by atomic mass is 9.65. The standard InChI is InChI=1S/C74H44N2/c1-4-22-49-45(19-1)39-42-63-70(49)56-27-8-12-31-59(56)73(63)58-30-11-7-24-51(58)52-41-40-47(44-65(52)73)75(69-43-46-20-2-3-21-48(46)50-23-5-6-25-53(50)69)68-38-18-34-62-71(68)57-28-9-13-32-60(57)74(62)61-33-14-16-37-67(61)76-66-36-15-10-26-54(66)55-29-17-35-64(74)72(55)76/h1-44H. The van der Waals surface area contributed by atoms with Crippen molar-refractivity contribution < 1.29 is 0 Å². The van der Waals surface area contributed by atoms with Crippen molar-refractivity contribution in [3.63, 3.8) is 0 Å². The first-order valence-corrected chi connectivity index (χ1v) is 26.7. The molecule has 1 aromatic heterocycles. The summed E-state index contributed by atoms with van der Waals surface area (Å²) in [6.07, 6.45) is 0. The Kier molecular flexibility index (Phi) is 7.77. The minimum absolute atomic E-state index is 0.548. The van der Waals surface area contributed by atoms with Gasteiger partial charge in [-0.05, 0) is 136 Å². The maximum absolute atomic E-state index is 2.63. The first-order chi connectivity index (χ1) is 37.7. The minimum Gasteiger partial charge on any atom is -0.309 e. The summed E-state index contributed by atoms with van der Waals surface area (Å²) < 4.78 is 2.54. The van der Waals surface area contributed by atoms with Gasteiger partial charge in [0.05, 0.1) is 38.9 Å². The van der Waals surface area contributed by atoms with Crippen LogP contribution in [0.15, 0.2) is 267 Å². The molecule has 2 spiro atoms. The number of anilines is 3. The summed E-state index contributed by atoms with van der Waals surface area (Å²) in [6, 6.07) is 102. The molecule has 2 heteroatoms. The molecule has 0 radical (unpaired) electrons. The molecule has 2 heterocycles. The number of hydrogen-bond acceptors (Lipinski definition) is 1. The van der Waals surface area contributed by atoms with Crippen LogP contribution in [-0.4, -0.2) is 4.57 Å². The second-order valence-electron chi connectivity index (χ2n) is 21.3. The molecule has 0 amide bonds. The molecule has 0 fully saturated rings. The van der Waals surface area contributed by atoms with Crippen LogP contribution in [0, 0.1) is 0 Å². The zero-order valence-electron chi connectivity index (χ0n) is 41.3. The van der Waals surface area contributed by atoms with Crippen molar-refractivity contribution in [2.45, 2.75) is 10.8 Å². The molecule has 76 heavy (non-hydrogen) atoms. The zero-order chi connectivity index (χ0) is 49.4. The van der Waals surface area contributed by atoms with Crippen molar-refractivity contribution in [2.24, 2.45) is 0 Å². The third kappa shape index (κ3) is 4.76. The van der Waals surface area contributed by atoms with E-state index in [-0.39, 0.29) is 0 Å². The van der Waals surface area contributed by atoms with E-state index in [0.29, 0.717) is 0 Å². The van der Waals surface area contributed by atoms with Crippen molar-refractivity contribution in [1.29, 1.82) is 0 Å². The average Bonchev–Trinajstić information content (AvgIpc) is 4.38. The number of rotatable bonds is 3. The van der Waals surface area contributed by atoms with Gasteiger partial charge in [0.1, 0.15) is 0 Å². The Labute approximate surface area is 439 Å². The molecular weight excluding hydrogens is 917 g/mol. The number of fused-ring (bicyclic) bond motifs is 27. The van der Waals surface area contributed by atoms with Gasteiger partial charge in [-0.1, -0.05) is 231 Å². The predicted octanol–water partition coefficient (Wildman–Crippen LogP) is 18.7. The van der Waals surface area contributed by atoms with Gasteiger partial charge >= 0.3 is 0 Å². The second kappa shape index (κ2) is 14.5. The Morgan fingerprint density at radius 1 is 0.276 bits per heavy atom. The van der Waals surface area contributed by atoms with Gasteiger partial charge in [0.25, 0.3) is 0 Å². The van der Waals surface area contributed by atoms with E-state index in [1.165, 1.54) is 138 Å². The molecule has 14 aromatic rings. The van der Waals surface area contributed by atoms with Crippen LogP contribution in [0.25, 0.3) is 93.2 Å². The van der Waals surface area contributed by atoms with Crippen molar-refractivity contribution in [2.75, 3.05) is 4.90 Å². The van der Waals surface area contributed by atoms with Gasteiger partial charge in [-0.15, -0.1) is 0 Å². The molecule has 2 unspecified atom stereocenters. The number of nitrogens with zero attached hydrogens (tertiary/aromatic N) is 2. The van der Waals surface area contributed by atoms with E-state index in [4.69, 9.17) is 0 Å². The Balaban J connectivity index is 0.976. The SMILES string of the molecule is c1ccc2c(c1)-c1ccc(N(c3cccc4c3-c3ccccc3C43c4ccccc4-n4c5ccccc5c5cccc3c54)c3cc4ccccc4c4ccccc34)cc1C21c2ccccc2-c2c1ccc1ccccc21. The van der Waals surface area contributed by atoms with E-state index >= 15 is 0 Å². The smallest absolute Gasteiger partial charge is 0.0755 e. The fourth-order valence-corrected chi connectivity index (χ4v) is 15.4. The van der Waals surface area contributed by atoms with Crippen LogP contribution in [0.4, 0.5) is 17.1 Å². The van der Waals surface area contributed by atoms with Gasteiger partial charge in [0, 0.05) is 27.4 Å². The van der Waals surface area contributed by atoms with Crippen molar-refractivity contribution in [3.8, 4) is 39.1 Å². The van der Waals surface area contributed by atoms with Gasteiger partial charge in [-0.3, -0.25) is 0 Å². The summed E-state index contributed by atoms with van der Waals surface area (Å²) in [5, 5.41) is 10.0. The molecule has 2 nitrogen and oxygen atoms in total. The Bertz CT molecular complexity index is 4920. The van der Waals surface area contributed by atoms with E-state index in [1.807, 2.05) is 0 Å².